The van der Waals surface area contributed by atoms with Gasteiger partial charge in [-0.15, -0.1) is 0 Å². The van der Waals surface area contributed by atoms with Crippen LogP contribution in [0, 0.1) is 5.92 Å². The summed E-state index contributed by atoms with van der Waals surface area (Å²) in [5.74, 6) is -1.50. The Kier molecular flexibility index (Phi) is 4.11. The lowest BCUT2D eigenvalue weighted by Gasteiger charge is -2.02. The molecule has 10 heavy (non-hydrogen) atoms. The van der Waals surface area contributed by atoms with Gasteiger partial charge in [-0.1, -0.05) is 6.92 Å². The topological polar surface area (TPSA) is 54.4 Å². The van der Waals surface area contributed by atoms with Crippen molar-refractivity contribution in [1.29, 1.82) is 0 Å². The summed E-state index contributed by atoms with van der Waals surface area (Å²) in [6, 6.07) is 0. The molecule has 0 aromatic carbocycles. The number of hydrogen-bond acceptors (Lipinski definition) is 3. The maximum absolute atomic E-state index is 10.5. The van der Waals surface area contributed by atoms with Crippen LogP contribution in [0.15, 0.2) is 0 Å². The third kappa shape index (κ3) is 3.50. The van der Waals surface area contributed by atoms with E-state index >= 15 is 0 Å². The van der Waals surface area contributed by atoms with Crippen molar-refractivity contribution in [3.63, 3.8) is 0 Å². The van der Waals surface area contributed by atoms with Crippen LogP contribution in [0.5, 0.6) is 0 Å². The summed E-state index contributed by atoms with van der Waals surface area (Å²) in [5.41, 5.74) is 0. The number of carbonyl (C=O) groups is 2. The van der Waals surface area contributed by atoms with Crippen molar-refractivity contribution >= 4 is 24.4 Å². The molecule has 0 aliphatic rings. The van der Waals surface area contributed by atoms with Crippen LogP contribution in [-0.4, -0.2) is 22.6 Å². The third-order valence-electron chi connectivity index (χ3n) is 1.08. The zero-order chi connectivity index (χ0) is 8.15. The van der Waals surface area contributed by atoms with Crippen LogP contribution in [-0.2, 0) is 9.59 Å². The third-order valence-corrected chi connectivity index (χ3v) is 1.71. The zero-order valence-corrected chi connectivity index (χ0v) is 6.60. The predicted octanol–water partition coefficient (Wildman–Crippen LogP) is 0.596. The second kappa shape index (κ2) is 4.33. The van der Waals surface area contributed by atoms with Crippen LogP contribution >= 0.6 is 12.6 Å². The Morgan fingerprint density at radius 1 is 1.60 bits per heavy atom. The molecule has 1 unspecified atom stereocenters. The summed E-state index contributed by atoms with van der Waals surface area (Å²) in [5, 5.41) is 8.15. The van der Waals surface area contributed by atoms with E-state index in [-0.39, 0.29) is 12.3 Å². The summed E-state index contributed by atoms with van der Waals surface area (Å²) >= 11 is 3.91. The Hall–Kier alpha value is -0.510. The standard InChI is InChI=1S/C6H10O3S/c1-4(3-10)2-5(7)6(8)9/h4,10H,2-3H2,1H3,(H,8,9). The van der Waals surface area contributed by atoms with Gasteiger partial charge < -0.3 is 5.11 Å². The highest BCUT2D eigenvalue weighted by molar-refractivity contribution is 7.80. The molecule has 58 valence electrons. The molecule has 0 saturated carbocycles. The van der Waals surface area contributed by atoms with E-state index in [1.807, 2.05) is 0 Å². The number of aliphatic carboxylic acids is 1. The summed E-state index contributed by atoms with van der Waals surface area (Å²) in [6.07, 6.45) is 0.0822. The Morgan fingerprint density at radius 2 is 2.10 bits per heavy atom. The van der Waals surface area contributed by atoms with E-state index in [1.54, 1.807) is 6.92 Å². The SMILES string of the molecule is CC(CS)CC(=O)C(=O)O. The van der Waals surface area contributed by atoms with E-state index < -0.39 is 11.8 Å². The first-order valence-corrected chi connectivity index (χ1v) is 3.58. The van der Waals surface area contributed by atoms with E-state index in [0.29, 0.717) is 5.75 Å². The van der Waals surface area contributed by atoms with Crippen LogP contribution in [0.25, 0.3) is 0 Å². The average molecular weight is 162 g/mol. The number of carbonyl (C=O) groups excluding carboxylic acids is 1. The lowest BCUT2D eigenvalue weighted by atomic mass is 10.1. The van der Waals surface area contributed by atoms with Gasteiger partial charge >= 0.3 is 5.97 Å². The molecule has 0 amide bonds. The first kappa shape index (κ1) is 9.49. The molecule has 0 bridgehead atoms. The Labute approximate surface area is 64.8 Å². The molecular weight excluding hydrogens is 152 g/mol. The van der Waals surface area contributed by atoms with Crippen LogP contribution in [0.4, 0.5) is 0 Å². The molecule has 0 heterocycles. The minimum Gasteiger partial charge on any atom is -0.476 e. The molecule has 0 spiro atoms. The number of carboxylic acid groups (broad SMARTS) is 1. The van der Waals surface area contributed by atoms with Crippen molar-refractivity contribution in [2.75, 3.05) is 5.75 Å². The van der Waals surface area contributed by atoms with Gasteiger partial charge in [0.05, 0.1) is 0 Å². The number of carboxylic acids is 1. The van der Waals surface area contributed by atoms with Crippen molar-refractivity contribution in [2.45, 2.75) is 13.3 Å². The molecule has 4 heteroatoms. The second-order valence-corrected chi connectivity index (χ2v) is 2.59. The number of ketones is 1. The normalized spacial score (nSPS) is 12.6. The molecule has 0 aromatic heterocycles. The molecule has 0 saturated heterocycles. The fourth-order valence-electron chi connectivity index (χ4n) is 0.468. The maximum atomic E-state index is 10.5. The number of hydrogen-bond donors (Lipinski definition) is 2. The van der Waals surface area contributed by atoms with Crippen LogP contribution in [0.2, 0.25) is 0 Å². The van der Waals surface area contributed by atoms with Gasteiger partial charge in [0.1, 0.15) is 0 Å². The van der Waals surface area contributed by atoms with Crippen molar-refractivity contribution in [1.82, 2.24) is 0 Å². The molecule has 0 radical (unpaired) electrons. The van der Waals surface area contributed by atoms with E-state index in [2.05, 4.69) is 12.6 Å². The van der Waals surface area contributed by atoms with Gasteiger partial charge in [-0.05, 0) is 11.7 Å². The minimum absolute atomic E-state index is 0.0481. The molecule has 0 aromatic rings. The van der Waals surface area contributed by atoms with E-state index in [4.69, 9.17) is 5.11 Å². The van der Waals surface area contributed by atoms with Gasteiger partial charge in [0.25, 0.3) is 0 Å². The first-order chi connectivity index (χ1) is 4.57. The lowest BCUT2D eigenvalue weighted by molar-refractivity contribution is -0.149. The Bertz CT molecular complexity index is 144. The van der Waals surface area contributed by atoms with Crippen molar-refractivity contribution < 1.29 is 14.7 Å². The monoisotopic (exact) mass is 162 g/mol. The Balaban J connectivity index is 3.68. The quantitative estimate of drug-likeness (QED) is 0.470. The molecule has 0 rings (SSSR count). The summed E-state index contributed by atoms with van der Waals surface area (Å²) in [7, 11) is 0. The molecular formula is C6H10O3S. The summed E-state index contributed by atoms with van der Waals surface area (Å²) in [4.78, 5) is 20.5. The largest absolute Gasteiger partial charge is 0.476 e. The summed E-state index contributed by atoms with van der Waals surface area (Å²) < 4.78 is 0. The van der Waals surface area contributed by atoms with Crippen LogP contribution in [0.3, 0.4) is 0 Å². The van der Waals surface area contributed by atoms with E-state index in [9.17, 15) is 9.59 Å². The van der Waals surface area contributed by atoms with Crippen molar-refractivity contribution in [3.8, 4) is 0 Å². The molecule has 1 atom stereocenters. The molecule has 0 fully saturated rings. The number of rotatable bonds is 4. The predicted molar refractivity (Wildman–Crippen MR) is 40.3 cm³/mol. The molecule has 1 N–H and O–H groups in total. The van der Waals surface area contributed by atoms with Gasteiger partial charge in [-0.3, -0.25) is 4.79 Å². The van der Waals surface area contributed by atoms with Gasteiger partial charge in [0.2, 0.25) is 5.78 Å². The van der Waals surface area contributed by atoms with Gasteiger partial charge in [0, 0.05) is 6.42 Å². The van der Waals surface area contributed by atoms with Gasteiger partial charge in [-0.2, -0.15) is 12.6 Å². The van der Waals surface area contributed by atoms with Crippen molar-refractivity contribution in [2.24, 2.45) is 5.92 Å². The zero-order valence-electron chi connectivity index (χ0n) is 5.70. The summed E-state index contributed by atoms with van der Waals surface area (Å²) in [6.45, 7) is 1.79. The van der Waals surface area contributed by atoms with E-state index in [1.165, 1.54) is 0 Å². The highest BCUT2D eigenvalue weighted by Gasteiger charge is 2.13. The second-order valence-electron chi connectivity index (χ2n) is 2.22. The number of Topliss-reactive ketones (excluding diaryl/α,β-unsaturated/α-hetero) is 1. The Morgan fingerprint density at radius 3 is 2.40 bits per heavy atom. The molecule has 0 aliphatic carbocycles. The van der Waals surface area contributed by atoms with Crippen molar-refractivity contribution in [3.05, 3.63) is 0 Å². The van der Waals surface area contributed by atoms with Crippen LogP contribution in [0.1, 0.15) is 13.3 Å². The molecule has 3 nitrogen and oxygen atoms in total. The van der Waals surface area contributed by atoms with Gasteiger partial charge in [-0.25, -0.2) is 4.79 Å². The fourth-order valence-corrected chi connectivity index (χ4v) is 0.597. The van der Waals surface area contributed by atoms with Gasteiger partial charge in [0.15, 0.2) is 0 Å². The molecule has 0 aliphatic heterocycles. The van der Waals surface area contributed by atoms with E-state index in [0.717, 1.165) is 0 Å². The first-order valence-electron chi connectivity index (χ1n) is 2.95. The number of thiol groups is 1. The smallest absolute Gasteiger partial charge is 0.372 e. The average Bonchev–Trinajstić information content (AvgIpc) is 1.87. The highest BCUT2D eigenvalue weighted by Crippen LogP contribution is 2.03. The maximum Gasteiger partial charge on any atom is 0.372 e. The minimum atomic E-state index is -1.35. The highest BCUT2D eigenvalue weighted by atomic mass is 32.1. The fraction of sp³-hybridized carbons (Fsp3) is 0.667. The lowest BCUT2D eigenvalue weighted by Crippen LogP contribution is -2.16. The van der Waals surface area contributed by atoms with Crippen LogP contribution < -0.4 is 0 Å².